The topological polar surface area (TPSA) is 17.8 Å². The molecule has 0 bridgehead atoms. The van der Waals surface area contributed by atoms with Gasteiger partial charge >= 0.3 is 0 Å². The second-order valence-electron chi connectivity index (χ2n) is 6.34. The van der Waals surface area contributed by atoms with Gasteiger partial charge in [0.05, 0.1) is 5.69 Å². The molecule has 0 radical (unpaired) electrons. The molecule has 0 unspecified atom stereocenters. The highest BCUT2D eigenvalue weighted by Crippen LogP contribution is 2.37. The van der Waals surface area contributed by atoms with Crippen molar-refractivity contribution in [3.63, 3.8) is 0 Å². The van der Waals surface area contributed by atoms with Gasteiger partial charge in [-0.15, -0.1) is 0 Å². The molecule has 2 aromatic rings. The van der Waals surface area contributed by atoms with Gasteiger partial charge in [-0.1, -0.05) is 20.3 Å². The normalized spacial score (nSPS) is 15.5. The average Bonchev–Trinajstić information content (AvgIpc) is 2.66. The predicted molar refractivity (Wildman–Crippen MR) is 86.4 cm³/mol. The lowest BCUT2D eigenvalue weighted by atomic mass is 9.80. The number of halogens is 2. The van der Waals surface area contributed by atoms with Crippen LogP contribution >= 0.6 is 15.9 Å². The van der Waals surface area contributed by atoms with Crippen molar-refractivity contribution in [2.24, 2.45) is 5.92 Å². The lowest BCUT2D eigenvalue weighted by Crippen LogP contribution is -2.11. The Hall–Kier alpha value is -1.16. The summed E-state index contributed by atoms with van der Waals surface area (Å²) in [6, 6.07) is 7.36. The molecule has 0 spiro atoms. The van der Waals surface area contributed by atoms with E-state index in [2.05, 4.69) is 40.9 Å². The molecular formula is C17H20BrFN2. The minimum Gasteiger partial charge on any atom is -0.237 e. The molecule has 1 aromatic heterocycles. The Morgan fingerprint density at radius 2 is 2.05 bits per heavy atom. The van der Waals surface area contributed by atoms with E-state index >= 15 is 0 Å². The Labute approximate surface area is 133 Å². The molecule has 1 fully saturated rings. The van der Waals surface area contributed by atoms with Crippen molar-refractivity contribution in [3.8, 4) is 5.69 Å². The van der Waals surface area contributed by atoms with E-state index in [0.717, 1.165) is 28.0 Å². The smallest absolute Gasteiger partial charge is 0.128 e. The number of aromatic nitrogens is 2. The third-order valence-electron chi connectivity index (χ3n) is 4.10. The van der Waals surface area contributed by atoms with Gasteiger partial charge in [-0.05, 0) is 76.9 Å². The fourth-order valence-corrected chi connectivity index (χ4v) is 3.29. The number of rotatable bonds is 4. The second-order valence-corrected chi connectivity index (χ2v) is 7.15. The minimum atomic E-state index is -0.170. The fourth-order valence-electron chi connectivity index (χ4n) is 2.87. The summed E-state index contributed by atoms with van der Waals surface area (Å²) in [5.41, 5.74) is 3.05. The van der Waals surface area contributed by atoms with Gasteiger partial charge in [0.2, 0.25) is 0 Å². The van der Waals surface area contributed by atoms with Crippen LogP contribution in [0.1, 0.15) is 50.3 Å². The number of nitrogens with zero attached hydrogens (tertiary/aromatic N) is 2. The molecule has 3 rings (SSSR count). The molecule has 4 heteroatoms. The molecule has 1 aliphatic carbocycles. The maximum atomic E-state index is 14.0. The highest BCUT2D eigenvalue weighted by Gasteiger charge is 2.21. The first-order valence-electron chi connectivity index (χ1n) is 7.58. The highest BCUT2D eigenvalue weighted by atomic mass is 79.9. The van der Waals surface area contributed by atoms with E-state index in [-0.39, 0.29) is 5.82 Å². The van der Waals surface area contributed by atoms with E-state index < -0.39 is 0 Å². The summed E-state index contributed by atoms with van der Waals surface area (Å²) in [4.78, 5) is 0. The molecule has 112 valence electrons. The van der Waals surface area contributed by atoms with E-state index in [9.17, 15) is 4.39 Å². The van der Waals surface area contributed by atoms with Crippen molar-refractivity contribution in [1.82, 2.24) is 9.78 Å². The summed E-state index contributed by atoms with van der Waals surface area (Å²) < 4.78 is 16.7. The first kappa shape index (κ1) is 14.8. The lowest BCUT2D eigenvalue weighted by Gasteiger charge is -2.26. The molecule has 2 nitrogen and oxygen atoms in total. The third-order valence-corrected chi connectivity index (χ3v) is 4.48. The van der Waals surface area contributed by atoms with Gasteiger partial charge in [0.25, 0.3) is 0 Å². The molecule has 0 aliphatic heterocycles. The van der Waals surface area contributed by atoms with Crippen LogP contribution in [0.25, 0.3) is 5.69 Å². The Morgan fingerprint density at radius 1 is 1.29 bits per heavy atom. The monoisotopic (exact) mass is 350 g/mol. The summed E-state index contributed by atoms with van der Waals surface area (Å²) in [6.45, 7) is 4.35. The Balaban J connectivity index is 2.01. The van der Waals surface area contributed by atoms with Crippen LogP contribution in [-0.4, -0.2) is 9.78 Å². The van der Waals surface area contributed by atoms with Gasteiger partial charge in [-0.25, -0.2) is 9.07 Å². The zero-order valence-electron chi connectivity index (χ0n) is 12.4. The van der Waals surface area contributed by atoms with Gasteiger partial charge in [-0.2, -0.15) is 5.10 Å². The number of benzene rings is 1. The van der Waals surface area contributed by atoms with Gasteiger partial charge in [0, 0.05) is 5.69 Å². The van der Waals surface area contributed by atoms with Gasteiger partial charge in [-0.3, -0.25) is 0 Å². The Morgan fingerprint density at radius 3 is 2.67 bits per heavy atom. The van der Waals surface area contributed by atoms with Gasteiger partial charge < -0.3 is 0 Å². The van der Waals surface area contributed by atoms with Crippen molar-refractivity contribution in [2.75, 3.05) is 0 Å². The summed E-state index contributed by atoms with van der Waals surface area (Å²) in [6.07, 6.45) is 4.52. The van der Waals surface area contributed by atoms with E-state index in [1.54, 1.807) is 12.1 Å². The maximum absolute atomic E-state index is 14.0. The summed E-state index contributed by atoms with van der Waals surface area (Å²) in [7, 11) is 0. The predicted octanol–water partition coefficient (Wildman–Crippen LogP) is 5.24. The van der Waals surface area contributed by atoms with Crippen LogP contribution < -0.4 is 0 Å². The Kier molecular flexibility index (Phi) is 4.16. The summed E-state index contributed by atoms with van der Waals surface area (Å²) in [5, 5.41) is 4.49. The largest absolute Gasteiger partial charge is 0.237 e. The molecule has 0 saturated heterocycles. The third kappa shape index (κ3) is 3.20. The maximum Gasteiger partial charge on any atom is 0.128 e. The number of hydrogen-bond acceptors (Lipinski definition) is 1. The van der Waals surface area contributed by atoms with Gasteiger partial charge in [0.15, 0.2) is 0 Å². The lowest BCUT2D eigenvalue weighted by molar-refractivity contribution is 0.417. The first-order valence-corrected chi connectivity index (χ1v) is 8.37. The molecule has 0 atom stereocenters. The van der Waals surface area contributed by atoms with Crippen LogP contribution in [0.3, 0.4) is 0 Å². The number of hydrogen-bond donors (Lipinski definition) is 0. The molecule has 0 N–H and O–H groups in total. The first-order chi connectivity index (χ1) is 10.0. The van der Waals surface area contributed by atoms with E-state index in [1.807, 2.05) is 10.7 Å². The van der Waals surface area contributed by atoms with Crippen molar-refractivity contribution in [1.29, 1.82) is 0 Å². The second kappa shape index (κ2) is 5.91. The standard InChI is InChI=1S/C17H20BrFN2/c1-11(2)6-15-10-17(18)20-21(15)16-8-13(7-14(19)9-16)12-4-3-5-12/h7-12H,3-6H2,1-2H3. The van der Waals surface area contributed by atoms with E-state index in [0.29, 0.717) is 11.8 Å². The molecule has 1 heterocycles. The molecular weight excluding hydrogens is 331 g/mol. The van der Waals surface area contributed by atoms with Crippen LogP contribution in [0.2, 0.25) is 0 Å². The van der Waals surface area contributed by atoms with E-state index in [1.165, 1.54) is 19.3 Å². The quantitative estimate of drug-likeness (QED) is 0.737. The highest BCUT2D eigenvalue weighted by molar-refractivity contribution is 9.10. The fraction of sp³-hybridized carbons (Fsp3) is 0.471. The van der Waals surface area contributed by atoms with Crippen molar-refractivity contribution < 1.29 is 4.39 Å². The van der Waals surface area contributed by atoms with Crippen LogP contribution in [0.4, 0.5) is 4.39 Å². The van der Waals surface area contributed by atoms with Crippen molar-refractivity contribution >= 4 is 15.9 Å². The average molecular weight is 351 g/mol. The molecule has 1 saturated carbocycles. The van der Waals surface area contributed by atoms with Crippen LogP contribution in [-0.2, 0) is 6.42 Å². The van der Waals surface area contributed by atoms with Crippen LogP contribution in [0.5, 0.6) is 0 Å². The van der Waals surface area contributed by atoms with Crippen molar-refractivity contribution in [2.45, 2.75) is 45.4 Å². The van der Waals surface area contributed by atoms with Gasteiger partial charge in [0.1, 0.15) is 10.4 Å². The minimum absolute atomic E-state index is 0.170. The van der Waals surface area contributed by atoms with Crippen LogP contribution in [0.15, 0.2) is 28.9 Å². The zero-order chi connectivity index (χ0) is 15.0. The molecule has 1 aliphatic rings. The molecule has 21 heavy (non-hydrogen) atoms. The van der Waals surface area contributed by atoms with Crippen molar-refractivity contribution in [3.05, 3.63) is 45.9 Å². The SMILES string of the molecule is CC(C)Cc1cc(Br)nn1-c1cc(F)cc(C2CCC2)c1. The van der Waals surface area contributed by atoms with Crippen LogP contribution in [0, 0.1) is 11.7 Å². The summed E-state index contributed by atoms with van der Waals surface area (Å²) >= 11 is 3.44. The Bertz CT molecular complexity index is 644. The molecule has 0 amide bonds. The summed E-state index contributed by atoms with van der Waals surface area (Å²) in [5.74, 6) is 0.885. The van der Waals surface area contributed by atoms with E-state index in [4.69, 9.17) is 0 Å². The zero-order valence-corrected chi connectivity index (χ0v) is 14.0. The molecule has 1 aromatic carbocycles.